The molecule has 1 N–H and O–H groups in total. The van der Waals surface area contributed by atoms with Gasteiger partial charge in [0.15, 0.2) is 11.5 Å². The molecule has 0 saturated carbocycles. The Morgan fingerprint density at radius 3 is 2.56 bits per heavy atom. The van der Waals surface area contributed by atoms with Crippen LogP contribution >= 0.6 is 22.6 Å². The van der Waals surface area contributed by atoms with Crippen molar-refractivity contribution in [3.05, 3.63) is 63.7 Å². The van der Waals surface area contributed by atoms with E-state index in [-0.39, 0.29) is 5.91 Å². The zero-order valence-corrected chi connectivity index (χ0v) is 16.2. The molecule has 3 aromatic rings. The van der Waals surface area contributed by atoms with Gasteiger partial charge in [0, 0.05) is 11.3 Å². The van der Waals surface area contributed by atoms with Crippen LogP contribution in [0.3, 0.4) is 0 Å². The van der Waals surface area contributed by atoms with E-state index in [2.05, 4.69) is 27.9 Å². The maximum Gasteiger partial charge on any atom is 0.255 e. The van der Waals surface area contributed by atoms with Crippen LogP contribution in [0.4, 0.5) is 5.69 Å². The first-order chi connectivity index (χ1) is 12.1. The predicted molar refractivity (Wildman–Crippen MR) is 109 cm³/mol. The molecule has 0 radical (unpaired) electrons. The van der Waals surface area contributed by atoms with Gasteiger partial charge in [0.25, 0.3) is 5.91 Å². The summed E-state index contributed by atoms with van der Waals surface area (Å²) in [6.07, 6.45) is 0. The number of anilines is 1. The smallest absolute Gasteiger partial charge is 0.255 e. The van der Waals surface area contributed by atoms with Crippen LogP contribution in [-0.2, 0) is 0 Å². The van der Waals surface area contributed by atoms with E-state index >= 15 is 0 Å². The average Bonchev–Trinajstić information content (AvgIpc) is 2.63. The lowest BCUT2D eigenvalue weighted by Gasteiger charge is -2.13. The van der Waals surface area contributed by atoms with Crippen LogP contribution in [0.25, 0.3) is 10.8 Å². The molecule has 5 heteroatoms. The molecule has 3 aromatic carbocycles. The van der Waals surface area contributed by atoms with Crippen molar-refractivity contribution in [2.75, 3.05) is 19.0 Å². The molecule has 3 rings (SSSR count). The van der Waals surface area contributed by atoms with Crippen molar-refractivity contribution in [1.29, 1.82) is 0 Å². The quantitative estimate of drug-likeness (QED) is 0.554. The summed E-state index contributed by atoms with van der Waals surface area (Å²) in [5, 5.41) is 5.16. The number of carbonyl (C=O) groups is 1. The van der Waals surface area contributed by atoms with Gasteiger partial charge in [-0.05, 0) is 64.6 Å². The molecule has 0 aromatic heterocycles. The maximum atomic E-state index is 12.6. The first-order valence-electron chi connectivity index (χ1n) is 7.93. The van der Waals surface area contributed by atoms with Gasteiger partial charge in [-0.15, -0.1) is 0 Å². The summed E-state index contributed by atoms with van der Waals surface area (Å²) < 4.78 is 11.8. The third-order valence-corrected chi connectivity index (χ3v) is 4.59. The first-order valence-corrected chi connectivity index (χ1v) is 9.00. The maximum absolute atomic E-state index is 12.6. The lowest BCUT2D eigenvalue weighted by atomic mass is 10.1. The molecular formula is C20H18INO3. The first kappa shape index (κ1) is 17.5. The number of hydrogen-bond acceptors (Lipinski definition) is 3. The van der Waals surface area contributed by atoms with Crippen molar-refractivity contribution in [3.8, 4) is 11.5 Å². The van der Waals surface area contributed by atoms with Crippen molar-refractivity contribution in [2.24, 2.45) is 0 Å². The highest BCUT2D eigenvalue weighted by Gasteiger charge is 2.15. The van der Waals surface area contributed by atoms with Crippen LogP contribution in [0.2, 0.25) is 0 Å². The zero-order chi connectivity index (χ0) is 17.8. The average molecular weight is 447 g/mol. The fourth-order valence-corrected chi connectivity index (χ4v) is 3.36. The SMILES string of the molecule is CCOc1c(I)cc(C(=O)Nc2ccc3ccccc3c2)cc1OC. The summed E-state index contributed by atoms with van der Waals surface area (Å²) >= 11 is 2.15. The van der Waals surface area contributed by atoms with Crippen LogP contribution < -0.4 is 14.8 Å². The Morgan fingerprint density at radius 2 is 1.84 bits per heavy atom. The molecule has 0 heterocycles. The monoisotopic (exact) mass is 447 g/mol. The van der Waals surface area contributed by atoms with E-state index in [0.717, 1.165) is 20.0 Å². The molecule has 0 bridgehead atoms. The molecule has 0 atom stereocenters. The van der Waals surface area contributed by atoms with Gasteiger partial charge in [-0.3, -0.25) is 4.79 Å². The minimum Gasteiger partial charge on any atom is -0.493 e. The molecule has 128 valence electrons. The largest absolute Gasteiger partial charge is 0.493 e. The number of nitrogens with one attached hydrogen (secondary N) is 1. The van der Waals surface area contributed by atoms with Crippen molar-refractivity contribution in [2.45, 2.75) is 6.92 Å². The molecule has 25 heavy (non-hydrogen) atoms. The van der Waals surface area contributed by atoms with Crippen LogP contribution in [0.1, 0.15) is 17.3 Å². The van der Waals surface area contributed by atoms with Gasteiger partial charge >= 0.3 is 0 Å². The van der Waals surface area contributed by atoms with Crippen molar-refractivity contribution >= 4 is 45.0 Å². The lowest BCUT2D eigenvalue weighted by Crippen LogP contribution is -2.13. The Labute approximate surface area is 160 Å². The third-order valence-electron chi connectivity index (χ3n) is 3.79. The Morgan fingerprint density at radius 1 is 1.08 bits per heavy atom. The summed E-state index contributed by atoms with van der Waals surface area (Å²) in [6, 6.07) is 17.4. The second kappa shape index (κ2) is 7.74. The van der Waals surface area contributed by atoms with E-state index in [1.54, 1.807) is 19.2 Å². The molecule has 0 aliphatic carbocycles. The number of amides is 1. The number of fused-ring (bicyclic) bond motifs is 1. The summed E-state index contributed by atoms with van der Waals surface area (Å²) in [5.41, 5.74) is 1.28. The number of benzene rings is 3. The van der Waals surface area contributed by atoms with Gasteiger partial charge in [-0.1, -0.05) is 30.3 Å². The van der Waals surface area contributed by atoms with Gasteiger partial charge in [0.2, 0.25) is 0 Å². The van der Waals surface area contributed by atoms with Gasteiger partial charge in [-0.25, -0.2) is 0 Å². The highest BCUT2D eigenvalue weighted by Crippen LogP contribution is 2.34. The number of carbonyl (C=O) groups excluding carboxylic acids is 1. The number of rotatable bonds is 5. The lowest BCUT2D eigenvalue weighted by molar-refractivity contribution is 0.102. The Hall–Kier alpha value is -2.28. The van der Waals surface area contributed by atoms with Gasteiger partial charge in [-0.2, -0.15) is 0 Å². The van der Waals surface area contributed by atoms with Crippen LogP contribution in [-0.4, -0.2) is 19.6 Å². The minimum absolute atomic E-state index is 0.186. The molecule has 0 aliphatic heterocycles. The fourth-order valence-electron chi connectivity index (χ4n) is 2.61. The minimum atomic E-state index is -0.186. The van der Waals surface area contributed by atoms with E-state index < -0.39 is 0 Å². The Kier molecular flexibility index (Phi) is 5.43. The Balaban J connectivity index is 1.88. The summed E-state index contributed by atoms with van der Waals surface area (Å²) in [6.45, 7) is 2.45. The summed E-state index contributed by atoms with van der Waals surface area (Å²) in [5.74, 6) is 1.03. The van der Waals surface area contributed by atoms with Crippen LogP contribution in [0, 0.1) is 3.57 Å². The molecule has 1 amide bonds. The van der Waals surface area contributed by atoms with Crippen molar-refractivity contribution < 1.29 is 14.3 Å². The van der Waals surface area contributed by atoms with Gasteiger partial charge < -0.3 is 14.8 Å². The molecule has 0 saturated heterocycles. The highest BCUT2D eigenvalue weighted by molar-refractivity contribution is 14.1. The van der Waals surface area contributed by atoms with Gasteiger partial charge in [0.05, 0.1) is 17.3 Å². The molecule has 0 aliphatic rings. The number of hydrogen-bond donors (Lipinski definition) is 1. The Bertz CT molecular complexity index is 924. The van der Waals surface area contributed by atoms with E-state index in [1.165, 1.54) is 0 Å². The molecular weight excluding hydrogens is 429 g/mol. The van der Waals surface area contributed by atoms with Crippen molar-refractivity contribution in [3.63, 3.8) is 0 Å². The number of halogens is 1. The zero-order valence-electron chi connectivity index (χ0n) is 14.0. The van der Waals surface area contributed by atoms with E-state index in [0.29, 0.717) is 23.7 Å². The van der Waals surface area contributed by atoms with E-state index in [4.69, 9.17) is 9.47 Å². The summed E-state index contributed by atoms with van der Waals surface area (Å²) in [7, 11) is 1.57. The van der Waals surface area contributed by atoms with Crippen molar-refractivity contribution in [1.82, 2.24) is 0 Å². The third kappa shape index (κ3) is 3.87. The molecule has 0 fully saturated rings. The van der Waals surface area contributed by atoms with Gasteiger partial charge in [0.1, 0.15) is 0 Å². The highest BCUT2D eigenvalue weighted by atomic mass is 127. The summed E-state index contributed by atoms with van der Waals surface area (Å²) in [4.78, 5) is 12.6. The molecule has 0 unspecified atom stereocenters. The predicted octanol–water partition coefficient (Wildman–Crippen LogP) is 5.10. The standard InChI is InChI=1S/C20H18INO3/c1-3-25-19-17(21)11-15(12-18(19)24-2)20(23)22-16-9-8-13-6-4-5-7-14(13)10-16/h4-12H,3H2,1-2H3,(H,22,23). The van der Waals surface area contributed by atoms with Crippen LogP contribution in [0.15, 0.2) is 54.6 Å². The van der Waals surface area contributed by atoms with Crippen LogP contribution in [0.5, 0.6) is 11.5 Å². The molecule has 4 nitrogen and oxygen atoms in total. The van der Waals surface area contributed by atoms with E-state index in [1.807, 2.05) is 49.4 Å². The molecule has 0 spiro atoms. The number of ether oxygens (including phenoxy) is 2. The second-order valence-corrected chi connectivity index (χ2v) is 6.60. The topological polar surface area (TPSA) is 47.6 Å². The van der Waals surface area contributed by atoms with E-state index in [9.17, 15) is 4.79 Å². The normalized spacial score (nSPS) is 10.5. The second-order valence-electron chi connectivity index (χ2n) is 5.44. The fraction of sp³-hybridized carbons (Fsp3) is 0.150. The number of methoxy groups -OCH3 is 1.